The van der Waals surface area contributed by atoms with Crippen LogP contribution in [0.25, 0.3) is 0 Å². The molecule has 4 nitrogen and oxygen atoms in total. The fourth-order valence-electron chi connectivity index (χ4n) is 2.97. The summed E-state index contributed by atoms with van der Waals surface area (Å²) in [7, 11) is 0. The van der Waals surface area contributed by atoms with Gasteiger partial charge in [0.15, 0.2) is 5.69 Å². The molecule has 0 bridgehead atoms. The van der Waals surface area contributed by atoms with E-state index >= 15 is 0 Å². The molecule has 8 heteroatoms. The molecule has 1 aromatic heterocycles. The molecular weight excluding hydrogens is 367 g/mol. The van der Waals surface area contributed by atoms with Gasteiger partial charge in [0.25, 0.3) is 0 Å². The van der Waals surface area contributed by atoms with Gasteiger partial charge < -0.3 is 5.32 Å². The van der Waals surface area contributed by atoms with Crippen LogP contribution in [-0.2, 0) is 17.5 Å². The molecule has 1 heterocycles. The number of halogens is 4. The maximum absolute atomic E-state index is 13.1. The van der Waals surface area contributed by atoms with Gasteiger partial charge in [-0.05, 0) is 37.8 Å². The van der Waals surface area contributed by atoms with E-state index in [2.05, 4.69) is 10.4 Å². The van der Waals surface area contributed by atoms with Gasteiger partial charge in [-0.2, -0.15) is 18.3 Å². The maximum atomic E-state index is 13.1. The maximum Gasteiger partial charge on any atom is 0.436 e. The lowest BCUT2D eigenvalue weighted by atomic mass is 10.1. The van der Waals surface area contributed by atoms with Gasteiger partial charge >= 0.3 is 6.18 Å². The largest absolute Gasteiger partial charge is 0.436 e. The quantitative estimate of drug-likeness (QED) is 0.780. The average molecular weight is 386 g/mol. The second kappa shape index (κ2) is 6.95. The smallest absolute Gasteiger partial charge is 0.326 e. The van der Waals surface area contributed by atoms with E-state index in [0.717, 1.165) is 29.7 Å². The predicted molar refractivity (Wildman–Crippen MR) is 93.4 cm³/mol. The number of aromatic nitrogens is 2. The van der Waals surface area contributed by atoms with E-state index < -0.39 is 11.9 Å². The second-order valence-corrected chi connectivity index (χ2v) is 6.99. The van der Waals surface area contributed by atoms with Gasteiger partial charge in [0.2, 0.25) is 5.91 Å². The average Bonchev–Trinajstić information content (AvgIpc) is 3.31. The number of alkyl halides is 3. The molecule has 0 atom stereocenters. The van der Waals surface area contributed by atoms with Crippen molar-refractivity contribution in [2.45, 2.75) is 51.7 Å². The van der Waals surface area contributed by atoms with Crippen LogP contribution in [-0.4, -0.2) is 15.7 Å². The fourth-order valence-corrected chi connectivity index (χ4v) is 3.37. The van der Waals surface area contributed by atoms with Crippen molar-refractivity contribution in [2.75, 3.05) is 5.32 Å². The van der Waals surface area contributed by atoms with Crippen LogP contribution in [0.5, 0.6) is 0 Å². The fraction of sp³-hybridized carbons (Fsp3) is 0.444. The molecule has 0 spiro atoms. The summed E-state index contributed by atoms with van der Waals surface area (Å²) in [5.41, 5.74) is 1.90. The Hall–Kier alpha value is -2.02. The van der Waals surface area contributed by atoms with Gasteiger partial charge in [-0.3, -0.25) is 9.48 Å². The highest BCUT2D eigenvalue weighted by atomic mass is 35.5. The molecule has 1 saturated carbocycles. The first-order valence-corrected chi connectivity index (χ1v) is 8.75. The van der Waals surface area contributed by atoms with Crippen molar-refractivity contribution in [3.8, 4) is 0 Å². The first-order valence-electron chi connectivity index (χ1n) is 8.38. The predicted octanol–water partition coefficient (Wildman–Crippen LogP) is 5.08. The number of amides is 1. The van der Waals surface area contributed by atoms with Crippen molar-refractivity contribution in [3.05, 3.63) is 45.7 Å². The van der Waals surface area contributed by atoms with Gasteiger partial charge in [-0.15, -0.1) is 0 Å². The van der Waals surface area contributed by atoms with E-state index in [1.54, 1.807) is 0 Å². The van der Waals surface area contributed by atoms with Crippen molar-refractivity contribution in [1.29, 1.82) is 0 Å². The summed E-state index contributed by atoms with van der Waals surface area (Å²) in [6.45, 7) is 3.83. The second-order valence-electron chi connectivity index (χ2n) is 6.61. The minimum atomic E-state index is -4.60. The molecular formula is C18H19ClF3N3O. The van der Waals surface area contributed by atoms with Crippen LogP contribution >= 0.6 is 11.6 Å². The molecule has 1 N–H and O–H groups in total. The molecule has 2 aromatic rings. The topological polar surface area (TPSA) is 46.9 Å². The van der Waals surface area contributed by atoms with Crippen LogP contribution in [0.1, 0.15) is 47.7 Å². The number of benzene rings is 1. The Bertz CT molecular complexity index is 821. The number of carbonyl (C=O) groups is 1. The molecule has 1 aliphatic carbocycles. The van der Waals surface area contributed by atoms with Crippen molar-refractivity contribution < 1.29 is 18.0 Å². The van der Waals surface area contributed by atoms with Crippen molar-refractivity contribution in [3.63, 3.8) is 0 Å². The van der Waals surface area contributed by atoms with Crippen LogP contribution in [0.15, 0.2) is 18.2 Å². The summed E-state index contributed by atoms with van der Waals surface area (Å²) in [5, 5.41) is 6.13. The molecule has 0 radical (unpaired) electrons. The number of nitrogens with zero attached hydrogens (tertiary/aromatic N) is 2. The van der Waals surface area contributed by atoms with E-state index in [9.17, 15) is 18.0 Å². The number of aryl methyl sites for hydroxylation is 3. The molecule has 1 aromatic carbocycles. The number of hydrogen-bond acceptors (Lipinski definition) is 2. The highest BCUT2D eigenvalue weighted by molar-refractivity contribution is 6.32. The highest BCUT2D eigenvalue weighted by Gasteiger charge is 2.42. The monoisotopic (exact) mass is 385 g/mol. The van der Waals surface area contributed by atoms with Gasteiger partial charge in [-0.1, -0.05) is 29.8 Å². The van der Waals surface area contributed by atoms with E-state index in [0.29, 0.717) is 5.69 Å². The van der Waals surface area contributed by atoms with E-state index in [4.69, 9.17) is 11.6 Å². The Morgan fingerprint density at radius 3 is 2.46 bits per heavy atom. The molecule has 140 valence electrons. The molecule has 0 aliphatic heterocycles. The van der Waals surface area contributed by atoms with E-state index in [1.165, 1.54) is 4.68 Å². The molecule has 1 amide bonds. The zero-order valence-electron chi connectivity index (χ0n) is 14.5. The zero-order chi connectivity index (χ0) is 19.1. The van der Waals surface area contributed by atoms with Gasteiger partial charge in [-0.25, -0.2) is 0 Å². The third-order valence-corrected chi connectivity index (χ3v) is 4.83. The Labute approximate surface area is 154 Å². The standard InChI is InChI=1S/C18H19ClF3N3O/c1-10-4-3-5-11(2)15(10)23-13(26)8-9-25-16(12-6-7-12)14(19)17(24-25)18(20,21)22/h3-5,12H,6-9H2,1-2H3,(H,23,26). The summed E-state index contributed by atoms with van der Waals surface area (Å²) in [6, 6.07) is 5.67. The zero-order valence-corrected chi connectivity index (χ0v) is 15.2. The molecule has 26 heavy (non-hydrogen) atoms. The molecule has 3 rings (SSSR count). The van der Waals surface area contributed by atoms with Gasteiger partial charge in [0.05, 0.1) is 17.3 Å². The lowest BCUT2D eigenvalue weighted by Gasteiger charge is -2.12. The number of hydrogen-bond donors (Lipinski definition) is 1. The van der Waals surface area contributed by atoms with Crippen LogP contribution < -0.4 is 5.32 Å². The Kier molecular flexibility index (Phi) is 5.01. The van der Waals surface area contributed by atoms with Crippen LogP contribution in [0, 0.1) is 13.8 Å². The minimum Gasteiger partial charge on any atom is -0.326 e. The lowest BCUT2D eigenvalue weighted by Crippen LogP contribution is -2.17. The minimum absolute atomic E-state index is 0.00669. The third kappa shape index (κ3) is 3.87. The first-order chi connectivity index (χ1) is 12.2. The molecule has 1 aliphatic rings. The molecule has 0 unspecified atom stereocenters. The van der Waals surface area contributed by atoms with Crippen LogP contribution in [0.2, 0.25) is 5.02 Å². The summed E-state index contributed by atoms with van der Waals surface area (Å²) in [5.74, 6) is -0.280. The Morgan fingerprint density at radius 2 is 1.92 bits per heavy atom. The number of nitrogens with one attached hydrogen (secondary N) is 1. The van der Waals surface area contributed by atoms with Crippen molar-refractivity contribution in [1.82, 2.24) is 9.78 Å². The van der Waals surface area contributed by atoms with Gasteiger partial charge in [0, 0.05) is 18.0 Å². The molecule has 1 fully saturated rings. The van der Waals surface area contributed by atoms with Gasteiger partial charge in [0.1, 0.15) is 0 Å². The number of anilines is 1. The molecule has 0 saturated heterocycles. The summed E-state index contributed by atoms with van der Waals surface area (Å²) in [4.78, 5) is 12.3. The Morgan fingerprint density at radius 1 is 1.31 bits per heavy atom. The first kappa shape index (κ1) is 18.8. The highest BCUT2D eigenvalue weighted by Crippen LogP contribution is 2.46. The number of para-hydroxylation sites is 1. The lowest BCUT2D eigenvalue weighted by molar-refractivity contribution is -0.141. The SMILES string of the molecule is Cc1cccc(C)c1NC(=O)CCn1nc(C(F)(F)F)c(Cl)c1C1CC1. The summed E-state index contributed by atoms with van der Waals surface area (Å²) >= 11 is 5.93. The third-order valence-electron chi connectivity index (χ3n) is 4.46. The van der Waals surface area contributed by atoms with Crippen LogP contribution in [0.4, 0.5) is 18.9 Å². The number of rotatable bonds is 5. The van der Waals surface area contributed by atoms with E-state index in [1.807, 2.05) is 32.0 Å². The normalized spacial score (nSPS) is 14.5. The summed E-state index contributed by atoms with van der Waals surface area (Å²) in [6.07, 6.45) is -3.01. The summed E-state index contributed by atoms with van der Waals surface area (Å²) < 4.78 is 40.4. The number of carbonyl (C=O) groups excluding carboxylic acids is 1. The Balaban J connectivity index is 1.74. The van der Waals surface area contributed by atoms with Crippen LogP contribution in [0.3, 0.4) is 0 Å². The van der Waals surface area contributed by atoms with Crippen molar-refractivity contribution >= 4 is 23.2 Å². The van der Waals surface area contributed by atoms with Crippen molar-refractivity contribution in [2.24, 2.45) is 0 Å². The van der Waals surface area contributed by atoms with E-state index in [-0.39, 0.29) is 29.8 Å².